The minimum Gasteiger partial charge on any atom is -0.477 e. The average Bonchev–Trinajstić information content (AvgIpc) is 2.13. The number of carbonyl (C=O) groups is 1. The normalized spacial score (nSPS) is 9.33. The molecular formula is C4H3N2O3. The largest absolute Gasteiger partial charge is 0.477 e. The summed E-state index contributed by atoms with van der Waals surface area (Å²) < 4.78 is 0. The van der Waals surface area contributed by atoms with Crippen LogP contribution in [0.3, 0.4) is 0 Å². The monoisotopic (exact) mass is 127 g/mol. The third-order valence-corrected chi connectivity index (χ3v) is 0.836. The van der Waals surface area contributed by atoms with Crippen LogP contribution < -0.4 is 0 Å². The summed E-state index contributed by atoms with van der Waals surface area (Å²) in [5, 5.41) is 23.7. The van der Waals surface area contributed by atoms with Gasteiger partial charge >= 0.3 is 11.8 Å². The number of hydrogen-bond donors (Lipinski definition) is 2. The summed E-state index contributed by atoms with van der Waals surface area (Å²) in [6, 6.07) is 0. The predicted octanol–water partition coefficient (Wildman–Crippen LogP) is 0.252. The second kappa shape index (κ2) is 1.77. The van der Waals surface area contributed by atoms with Gasteiger partial charge in [0.2, 0.25) is 0 Å². The molecule has 0 atom stereocenters. The van der Waals surface area contributed by atoms with Crippen molar-refractivity contribution in [2.45, 2.75) is 0 Å². The van der Waals surface area contributed by atoms with Gasteiger partial charge in [-0.1, -0.05) is 0 Å². The minimum atomic E-state index is -1.26. The van der Waals surface area contributed by atoms with Crippen molar-refractivity contribution < 1.29 is 15.0 Å². The molecule has 5 heteroatoms. The van der Waals surface area contributed by atoms with E-state index in [1.54, 1.807) is 0 Å². The molecule has 1 radical (unpaired) electrons. The highest BCUT2D eigenvalue weighted by molar-refractivity contribution is 5.89. The number of rotatable bonds is 1. The summed E-state index contributed by atoms with van der Waals surface area (Å²) >= 11 is 0. The van der Waals surface area contributed by atoms with Gasteiger partial charge in [-0.25, -0.2) is 4.79 Å². The van der Waals surface area contributed by atoms with Gasteiger partial charge in [-0.05, 0) is 0 Å². The molecule has 1 heterocycles. The summed E-state index contributed by atoms with van der Waals surface area (Å²) in [7, 11) is 0. The van der Waals surface area contributed by atoms with Gasteiger partial charge < -0.3 is 5.11 Å². The minimum absolute atomic E-state index is 0.324. The second-order valence-electron chi connectivity index (χ2n) is 1.41. The SMILES string of the molecule is [O]c1n[nH]cc1C(=O)O. The average molecular weight is 127 g/mol. The molecule has 0 aromatic carbocycles. The summed E-state index contributed by atoms with van der Waals surface area (Å²) in [4.78, 5) is 10.0. The molecule has 2 N–H and O–H groups in total. The van der Waals surface area contributed by atoms with Crippen LogP contribution in [0.15, 0.2) is 6.20 Å². The van der Waals surface area contributed by atoms with E-state index in [1.807, 2.05) is 0 Å². The summed E-state index contributed by atoms with van der Waals surface area (Å²) in [5.74, 6) is -1.99. The Morgan fingerprint density at radius 1 is 1.78 bits per heavy atom. The van der Waals surface area contributed by atoms with E-state index in [1.165, 1.54) is 0 Å². The van der Waals surface area contributed by atoms with E-state index >= 15 is 0 Å². The summed E-state index contributed by atoms with van der Waals surface area (Å²) in [6.45, 7) is 0. The first-order chi connectivity index (χ1) is 4.22. The van der Waals surface area contributed by atoms with Gasteiger partial charge in [-0.3, -0.25) is 10.2 Å². The number of carboxylic acid groups (broad SMARTS) is 1. The van der Waals surface area contributed by atoms with Gasteiger partial charge in [0.05, 0.1) is 0 Å². The number of aromatic nitrogens is 2. The van der Waals surface area contributed by atoms with Crippen LogP contribution >= 0.6 is 0 Å². The van der Waals surface area contributed by atoms with Gasteiger partial charge in [0.1, 0.15) is 5.56 Å². The van der Waals surface area contributed by atoms with E-state index in [0.29, 0.717) is 0 Å². The maximum Gasteiger partial charge on any atom is 0.343 e. The van der Waals surface area contributed by atoms with Crippen LogP contribution in [0.1, 0.15) is 10.4 Å². The Bertz CT molecular complexity index is 229. The van der Waals surface area contributed by atoms with Gasteiger partial charge in [-0.2, -0.15) is 0 Å². The fraction of sp³-hybridized carbons (Fsp3) is 0. The molecule has 0 saturated heterocycles. The van der Waals surface area contributed by atoms with Crippen LogP contribution in [0, 0.1) is 0 Å². The summed E-state index contributed by atoms with van der Waals surface area (Å²) in [5.41, 5.74) is -0.324. The fourth-order valence-corrected chi connectivity index (χ4v) is 0.431. The van der Waals surface area contributed by atoms with Gasteiger partial charge in [0.15, 0.2) is 0 Å². The van der Waals surface area contributed by atoms with Crippen LogP contribution in [-0.4, -0.2) is 21.3 Å². The molecule has 5 nitrogen and oxygen atoms in total. The number of hydrogen-bond acceptors (Lipinski definition) is 2. The first-order valence-corrected chi connectivity index (χ1v) is 2.16. The number of carboxylic acids is 1. The predicted molar refractivity (Wildman–Crippen MR) is 25.7 cm³/mol. The molecule has 1 rings (SSSR count). The van der Waals surface area contributed by atoms with Gasteiger partial charge in [-0.15, -0.1) is 5.10 Å². The molecule has 1 aromatic heterocycles. The molecule has 0 spiro atoms. The zero-order valence-corrected chi connectivity index (χ0v) is 4.29. The topological polar surface area (TPSA) is 85.9 Å². The van der Waals surface area contributed by atoms with Crippen LogP contribution in [0.25, 0.3) is 0 Å². The number of aromatic amines is 1. The van der Waals surface area contributed by atoms with E-state index in [4.69, 9.17) is 5.11 Å². The lowest BCUT2D eigenvalue weighted by atomic mass is 10.4. The maximum absolute atomic E-state index is 10.3. The number of nitrogens with zero attached hydrogens (tertiary/aromatic N) is 1. The van der Waals surface area contributed by atoms with Crippen molar-refractivity contribution in [1.29, 1.82) is 0 Å². The van der Waals surface area contributed by atoms with E-state index in [-0.39, 0.29) is 5.56 Å². The molecule has 0 fully saturated rings. The lowest BCUT2D eigenvalue weighted by molar-refractivity contribution is 0.0692. The quantitative estimate of drug-likeness (QED) is 0.566. The highest BCUT2D eigenvalue weighted by Crippen LogP contribution is 2.10. The molecule has 0 aliphatic rings. The van der Waals surface area contributed by atoms with Crippen LogP contribution in [-0.2, 0) is 5.11 Å². The molecule has 9 heavy (non-hydrogen) atoms. The molecule has 0 aliphatic carbocycles. The Balaban J connectivity index is 3.08. The Labute approximate surface area is 49.9 Å². The first kappa shape index (κ1) is 5.61. The molecule has 0 saturated carbocycles. The van der Waals surface area contributed by atoms with E-state index in [9.17, 15) is 9.90 Å². The lowest BCUT2D eigenvalue weighted by Gasteiger charge is -1.80. The highest BCUT2D eigenvalue weighted by atomic mass is 16.4. The number of nitrogens with one attached hydrogen (secondary N) is 1. The van der Waals surface area contributed by atoms with Crippen molar-refractivity contribution in [2.75, 3.05) is 0 Å². The molecular weight excluding hydrogens is 124 g/mol. The smallest absolute Gasteiger partial charge is 0.343 e. The third kappa shape index (κ3) is 0.835. The van der Waals surface area contributed by atoms with E-state index in [0.717, 1.165) is 6.20 Å². The van der Waals surface area contributed by atoms with Crippen molar-refractivity contribution in [3.8, 4) is 5.88 Å². The zero-order valence-electron chi connectivity index (χ0n) is 4.29. The number of aromatic carboxylic acids is 1. The van der Waals surface area contributed by atoms with Crippen molar-refractivity contribution in [3.63, 3.8) is 0 Å². The Morgan fingerprint density at radius 2 is 2.44 bits per heavy atom. The Morgan fingerprint density at radius 3 is 2.67 bits per heavy atom. The van der Waals surface area contributed by atoms with Gasteiger partial charge in [0.25, 0.3) is 0 Å². The molecule has 0 aliphatic heterocycles. The van der Waals surface area contributed by atoms with Crippen molar-refractivity contribution >= 4 is 5.97 Å². The standard InChI is InChI=1S/C4H3N2O3/c7-3-2(4(8)9)1-5-6-3/h1H,(H,5,6)(H,8,9). The Hall–Kier alpha value is -1.52. The molecule has 0 bridgehead atoms. The van der Waals surface area contributed by atoms with Crippen molar-refractivity contribution in [2.24, 2.45) is 0 Å². The molecule has 0 unspecified atom stereocenters. The van der Waals surface area contributed by atoms with Crippen LogP contribution in [0.4, 0.5) is 0 Å². The second-order valence-corrected chi connectivity index (χ2v) is 1.41. The highest BCUT2D eigenvalue weighted by Gasteiger charge is 2.11. The fourth-order valence-electron chi connectivity index (χ4n) is 0.431. The molecule has 1 aromatic rings. The van der Waals surface area contributed by atoms with E-state index in [2.05, 4.69) is 10.2 Å². The van der Waals surface area contributed by atoms with E-state index < -0.39 is 11.8 Å². The van der Waals surface area contributed by atoms with Crippen molar-refractivity contribution in [1.82, 2.24) is 10.2 Å². The summed E-state index contributed by atoms with van der Waals surface area (Å²) in [6.07, 6.45) is 1.05. The molecule has 0 amide bonds. The third-order valence-electron chi connectivity index (χ3n) is 0.836. The lowest BCUT2D eigenvalue weighted by Crippen LogP contribution is -1.92. The maximum atomic E-state index is 10.3. The first-order valence-electron chi connectivity index (χ1n) is 2.16. The van der Waals surface area contributed by atoms with Crippen molar-refractivity contribution in [3.05, 3.63) is 11.8 Å². The number of H-pyrrole nitrogens is 1. The Kier molecular flexibility index (Phi) is 1.11. The van der Waals surface area contributed by atoms with Gasteiger partial charge in [0, 0.05) is 6.20 Å². The van der Waals surface area contributed by atoms with Crippen LogP contribution in [0.2, 0.25) is 0 Å². The van der Waals surface area contributed by atoms with Crippen LogP contribution in [0.5, 0.6) is 5.88 Å². The molecule has 47 valence electrons. The zero-order chi connectivity index (χ0) is 6.85.